The minimum atomic E-state index is -0.779. The highest BCUT2D eigenvalue weighted by Crippen LogP contribution is 2.17. The minimum Gasteiger partial charge on any atom is -0.462 e. The maximum atomic E-state index is 12.8. The number of ether oxygens (including phenoxy) is 3. The maximum Gasteiger partial charge on any atom is 0.306 e. The van der Waals surface area contributed by atoms with Gasteiger partial charge in [0, 0.05) is 19.3 Å². The fraction of sp³-hybridized carbons (Fsp3) is 0.847. The number of carbonyl (C=O) groups is 3. The normalized spacial score (nSPS) is 12.2. The summed E-state index contributed by atoms with van der Waals surface area (Å²) >= 11 is 0. The minimum absolute atomic E-state index is 0.0772. The fourth-order valence-corrected chi connectivity index (χ4v) is 8.28. The van der Waals surface area contributed by atoms with Crippen LogP contribution in [0.25, 0.3) is 0 Å². The van der Waals surface area contributed by atoms with Gasteiger partial charge in [0.2, 0.25) is 0 Å². The Balaban J connectivity index is 4.28. The molecule has 1 unspecified atom stereocenters. The lowest BCUT2D eigenvalue weighted by Crippen LogP contribution is -2.30. The Bertz CT molecular complexity index is 1090. The zero-order chi connectivity index (χ0) is 47.2. The van der Waals surface area contributed by atoms with Crippen molar-refractivity contribution in [3.63, 3.8) is 0 Å². The van der Waals surface area contributed by atoms with Crippen LogP contribution in [0.4, 0.5) is 0 Å². The Morgan fingerprint density at radius 1 is 0.308 bits per heavy atom. The van der Waals surface area contributed by atoms with Crippen LogP contribution in [-0.4, -0.2) is 37.2 Å². The van der Waals surface area contributed by atoms with E-state index in [-0.39, 0.29) is 31.1 Å². The first kappa shape index (κ1) is 62.6. The molecule has 0 aromatic rings. The molecule has 0 N–H and O–H groups in total. The van der Waals surface area contributed by atoms with Crippen molar-refractivity contribution < 1.29 is 28.6 Å². The van der Waals surface area contributed by atoms with Crippen molar-refractivity contribution in [2.75, 3.05) is 13.2 Å². The highest BCUT2D eigenvalue weighted by atomic mass is 16.6. The monoisotopic (exact) mass is 913 g/mol. The Morgan fingerprint density at radius 2 is 0.569 bits per heavy atom. The van der Waals surface area contributed by atoms with E-state index in [1.807, 2.05) is 0 Å². The summed E-state index contributed by atoms with van der Waals surface area (Å²) in [5.74, 6) is -0.886. The van der Waals surface area contributed by atoms with Crippen LogP contribution in [0.15, 0.2) is 36.5 Å². The first-order chi connectivity index (χ1) is 32.0. The summed E-state index contributed by atoms with van der Waals surface area (Å²) in [5, 5.41) is 0. The van der Waals surface area contributed by atoms with Gasteiger partial charge in [-0.05, 0) is 70.6 Å². The Kier molecular flexibility index (Phi) is 52.3. The first-order valence-corrected chi connectivity index (χ1v) is 28.5. The SMILES string of the molecule is CCCC/C=C\C/C=C\CCCCCCCC(=O)OC(COC(=O)CCCCCCC/C=C\CCCCC)COC(=O)CCCCCCCCCCCCCCCCCCCCCCC. The molecule has 0 aromatic heterocycles. The third kappa shape index (κ3) is 52.5. The molecule has 0 fully saturated rings. The van der Waals surface area contributed by atoms with Crippen molar-refractivity contribution in [1.29, 1.82) is 0 Å². The van der Waals surface area contributed by atoms with Gasteiger partial charge in [0.25, 0.3) is 0 Å². The molecule has 0 aliphatic heterocycles. The molecule has 6 nitrogen and oxygen atoms in total. The average molecular weight is 914 g/mol. The van der Waals surface area contributed by atoms with Gasteiger partial charge in [-0.1, -0.05) is 250 Å². The Labute approximate surface area is 404 Å². The summed E-state index contributed by atoms with van der Waals surface area (Å²) < 4.78 is 16.8. The molecule has 380 valence electrons. The van der Waals surface area contributed by atoms with Gasteiger partial charge in [0.15, 0.2) is 6.10 Å². The van der Waals surface area contributed by atoms with E-state index < -0.39 is 6.10 Å². The smallest absolute Gasteiger partial charge is 0.306 e. The summed E-state index contributed by atoms with van der Waals surface area (Å²) in [7, 11) is 0. The van der Waals surface area contributed by atoms with Gasteiger partial charge in [0.1, 0.15) is 13.2 Å². The van der Waals surface area contributed by atoms with Crippen molar-refractivity contribution in [2.24, 2.45) is 0 Å². The molecule has 0 aliphatic carbocycles. The van der Waals surface area contributed by atoms with Crippen molar-refractivity contribution in [2.45, 2.75) is 309 Å². The summed E-state index contributed by atoms with van der Waals surface area (Å²) in [6.45, 7) is 6.59. The lowest BCUT2D eigenvalue weighted by atomic mass is 10.0. The van der Waals surface area contributed by atoms with Crippen LogP contribution in [0.3, 0.4) is 0 Å². The summed E-state index contributed by atoms with van der Waals surface area (Å²) in [4.78, 5) is 38.1. The van der Waals surface area contributed by atoms with E-state index in [0.717, 1.165) is 89.9 Å². The third-order valence-corrected chi connectivity index (χ3v) is 12.6. The molecule has 0 heterocycles. The van der Waals surface area contributed by atoms with E-state index in [1.54, 1.807) is 0 Å². The number of allylic oxidation sites excluding steroid dienone is 6. The van der Waals surface area contributed by atoms with Gasteiger partial charge in [-0.25, -0.2) is 0 Å². The predicted octanol–water partition coefficient (Wildman–Crippen LogP) is 18.9. The number of hydrogen-bond acceptors (Lipinski definition) is 6. The molecule has 0 rings (SSSR count). The maximum absolute atomic E-state index is 12.8. The zero-order valence-corrected chi connectivity index (χ0v) is 43.5. The molecule has 65 heavy (non-hydrogen) atoms. The van der Waals surface area contributed by atoms with Crippen LogP contribution < -0.4 is 0 Å². The molecule has 0 aliphatic rings. The molecule has 0 amide bonds. The van der Waals surface area contributed by atoms with E-state index in [1.165, 1.54) is 173 Å². The summed E-state index contributed by atoms with van der Waals surface area (Å²) in [5.41, 5.74) is 0. The lowest BCUT2D eigenvalue weighted by Gasteiger charge is -2.18. The second-order valence-electron chi connectivity index (χ2n) is 19.2. The van der Waals surface area contributed by atoms with E-state index >= 15 is 0 Å². The molecule has 0 aromatic carbocycles. The van der Waals surface area contributed by atoms with Gasteiger partial charge in [-0.15, -0.1) is 0 Å². The Hall–Kier alpha value is -2.37. The van der Waals surface area contributed by atoms with Crippen molar-refractivity contribution in [1.82, 2.24) is 0 Å². The summed E-state index contributed by atoms with van der Waals surface area (Å²) in [6.07, 6.45) is 64.2. The Morgan fingerprint density at radius 3 is 0.938 bits per heavy atom. The topological polar surface area (TPSA) is 78.9 Å². The average Bonchev–Trinajstić information content (AvgIpc) is 3.30. The molecule has 0 saturated heterocycles. The van der Waals surface area contributed by atoms with Gasteiger partial charge in [0.05, 0.1) is 0 Å². The molecule has 0 saturated carbocycles. The number of hydrogen-bond donors (Lipinski definition) is 0. The summed E-state index contributed by atoms with van der Waals surface area (Å²) in [6, 6.07) is 0. The number of esters is 3. The first-order valence-electron chi connectivity index (χ1n) is 28.5. The van der Waals surface area contributed by atoms with E-state index in [0.29, 0.717) is 19.3 Å². The second kappa shape index (κ2) is 54.2. The van der Waals surface area contributed by atoms with Crippen LogP contribution in [0, 0.1) is 0 Å². The third-order valence-electron chi connectivity index (χ3n) is 12.6. The largest absolute Gasteiger partial charge is 0.462 e. The molecule has 0 radical (unpaired) electrons. The highest BCUT2D eigenvalue weighted by Gasteiger charge is 2.19. The highest BCUT2D eigenvalue weighted by molar-refractivity contribution is 5.71. The molecule has 0 bridgehead atoms. The van der Waals surface area contributed by atoms with Crippen LogP contribution >= 0.6 is 0 Å². The standard InChI is InChI=1S/C59H108O6/c1-4-7-10-13-16-19-22-25-27-28-29-30-31-32-33-35-37-40-43-46-49-52-58(61)64-55-56(54-63-57(60)51-48-45-42-39-36-24-21-18-15-12-9-6-3)65-59(62)53-50-47-44-41-38-34-26-23-20-17-14-11-8-5-2/h14,17-18,21,23,26,56H,4-13,15-16,19-20,22,24-25,27-55H2,1-3H3/b17-14-,21-18-,26-23-. The quantitative estimate of drug-likeness (QED) is 0.0262. The van der Waals surface area contributed by atoms with Crippen molar-refractivity contribution in [3.8, 4) is 0 Å². The molecule has 6 heteroatoms. The van der Waals surface area contributed by atoms with Crippen LogP contribution in [0.5, 0.6) is 0 Å². The molecular formula is C59H108O6. The van der Waals surface area contributed by atoms with Gasteiger partial charge in [-0.3, -0.25) is 14.4 Å². The van der Waals surface area contributed by atoms with Gasteiger partial charge < -0.3 is 14.2 Å². The molecular weight excluding hydrogens is 805 g/mol. The van der Waals surface area contributed by atoms with Crippen molar-refractivity contribution >= 4 is 17.9 Å². The number of unbranched alkanes of at least 4 members (excludes halogenated alkanes) is 35. The lowest BCUT2D eigenvalue weighted by molar-refractivity contribution is -0.167. The van der Waals surface area contributed by atoms with Gasteiger partial charge in [-0.2, -0.15) is 0 Å². The fourth-order valence-electron chi connectivity index (χ4n) is 8.28. The van der Waals surface area contributed by atoms with E-state index in [2.05, 4.69) is 57.2 Å². The van der Waals surface area contributed by atoms with E-state index in [9.17, 15) is 14.4 Å². The van der Waals surface area contributed by atoms with Crippen LogP contribution in [0.1, 0.15) is 303 Å². The number of carbonyl (C=O) groups excluding carboxylic acids is 3. The van der Waals surface area contributed by atoms with Crippen LogP contribution in [0.2, 0.25) is 0 Å². The van der Waals surface area contributed by atoms with E-state index in [4.69, 9.17) is 14.2 Å². The van der Waals surface area contributed by atoms with Gasteiger partial charge >= 0.3 is 17.9 Å². The molecule has 0 spiro atoms. The zero-order valence-electron chi connectivity index (χ0n) is 43.5. The number of rotatable bonds is 52. The second-order valence-corrected chi connectivity index (χ2v) is 19.2. The molecule has 1 atom stereocenters. The van der Waals surface area contributed by atoms with Crippen molar-refractivity contribution in [3.05, 3.63) is 36.5 Å². The predicted molar refractivity (Wildman–Crippen MR) is 279 cm³/mol. The van der Waals surface area contributed by atoms with Crippen LogP contribution in [-0.2, 0) is 28.6 Å².